The molecule has 160 valence electrons. The van der Waals surface area contributed by atoms with Crippen LogP contribution in [0, 0.1) is 0 Å². The molecular weight excluding hydrogens is 394 g/mol. The number of rotatable bonds is 4. The molecule has 2 aromatic carbocycles. The second-order valence-electron chi connectivity index (χ2n) is 7.76. The van der Waals surface area contributed by atoms with Crippen LogP contribution in [0.4, 0.5) is 5.69 Å². The zero-order chi connectivity index (χ0) is 22.0. The second-order valence-corrected chi connectivity index (χ2v) is 7.76. The first-order valence-corrected chi connectivity index (χ1v) is 10.3. The first-order valence-electron chi connectivity index (χ1n) is 10.3. The molecule has 8 nitrogen and oxygen atoms in total. The summed E-state index contributed by atoms with van der Waals surface area (Å²) < 4.78 is 3.04. The molecule has 4 rings (SSSR count). The van der Waals surface area contributed by atoms with Gasteiger partial charge in [0, 0.05) is 44.2 Å². The van der Waals surface area contributed by atoms with Crippen molar-refractivity contribution in [1.29, 1.82) is 0 Å². The Balaban J connectivity index is 1.47. The SMILES string of the molecule is CC(=O)Nc1ccc(C(=O)N2CCC(c3nn(C)c(=O)n3-c3ccccc3)CC2)cc1. The fourth-order valence-corrected chi connectivity index (χ4v) is 3.99. The van der Waals surface area contributed by atoms with Crippen molar-refractivity contribution in [2.75, 3.05) is 18.4 Å². The molecule has 0 aliphatic carbocycles. The van der Waals surface area contributed by atoms with Crippen molar-refractivity contribution >= 4 is 17.5 Å². The van der Waals surface area contributed by atoms with Crippen molar-refractivity contribution in [2.45, 2.75) is 25.7 Å². The molecule has 8 heteroatoms. The topological polar surface area (TPSA) is 89.2 Å². The normalized spacial score (nSPS) is 14.5. The smallest absolute Gasteiger partial charge is 0.339 e. The number of nitrogens with zero attached hydrogens (tertiary/aromatic N) is 4. The van der Waals surface area contributed by atoms with Crippen LogP contribution in [-0.4, -0.2) is 44.2 Å². The Kier molecular flexibility index (Phi) is 5.70. The minimum Gasteiger partial charge on any atom is -0.339 e. The van der Waals surface area contributed by atoms with Crippen LogP contribution in [0.5, 0.6) is 0 Å². The summed E-state index contributed by atoms with van der Waals surface area (Å²) in [7, 11) is 1.66. The predicted molar refractivity (Wildman–Crippen MR) is 117 cm³/mol. The van der Waals surface area contributed by atoms with Gasteiger partial charge in [0.1, 0.15) is 5.82 Å². The first-order chi connectivity index (χ1) is 14.9. The van der Waals surface area contributed by atoms with Crippen LogP contribution in [0.25, 0.3) is 5.69 Å². The number of hydrogen-bond donors (Lipinski definition) is 1. The highest BCUT2D eigenvalue weighted by molar-refractivity contribution is 5.95. The molecule has 1 aliphatic heterocycles. The van der Waals surface area contributed by atoms with Gasteiger partial charge < -0.3 is 10.2 Å². The van der Waals surface area contributed by atoms with E-state index in [4.69, 9.17) is 0 Å². The number of benzene rings is 2. The predicted octanol–water partition coefficient (Wildman–Crippen LogP) is 2.55. The maximum absolute atomic E-state index is 12.9. The number of anilines is 1. The standard InChI is InChI=1S/C23H25N5O3/c1-16(29)24-19-10-8-18(9-11-19)22(30)27-14-12-17(13-15-27)21-25-26(2)23(31)28(21)20-6-4-3-5-7-20/h3-11,17H,12-15H2,1-2H3,(H,24,29). The largest absolute Gasteiger partial charge is 0.350 e. The molecule has 1 aliphatic rings. The molecule has 1 saturated heterocycles. The van der Waals surface area contributed by atoms with E-state index in [9.17, 15) is 14.4 Å². The Morgan fingerprint density at radius 2 is 1.65 bits per heavy atom. The van der Waals surface area contributed by atoms with Crippen LogP contribution < -0.4 is 11.0 Å². The molecule has 0 saturated carbocycles. The van der Waals surface area contributed by atoms with E-state index >= 15 is 0 Å². The number of piperidine rings is 1. The average Bonchev–Trinajstić information content (AvgIpc) is 3.08. The fourth-order valence-electron chi connectivity index (χ4n) is 3.99. The van der Waals surface area contributed by atoms with Crippen LogP contribution in [0.1, 0.15) is 41.9 Å². The number of aromatic nitrogens is 3. The summed E-state index contributed by atoms with van der Waals surface area (Å²) >= 11 is 0. The van der Waals surface area contributed by atoms with Gasteiger partial charge in [-0.1, -0.05) is 18.2 Å². The van der Waals surface area contributed by atoms with Gasteiger partial charge in [-0.05, 0) is 49.2 Å². The van der Waals surface area contributed by atoms with Crippen molar-refractivity contribution in [1.82, 2.24) is 19.2 Å². The number of amides is 2. The summed E-state index contributed by atoms with van der Waals surface area (Å²) in [6.45, 7) is 2.63. The lowest BCUT2D eigenvalue weighted by molar-refractivity contribution is -0.114. The van der Waals surface area contributed by atoms with Gasteiger partial charge in [-0.3, -0.25) is 9.59 Å². The first kappa shape index (κ1) is 20.6. The molecule has 0 radical (unpaired) electrons. The number of carbonyl (C=O) groups is 2. The Morgan fingerprint density at radius 1 is 1.00 bits per heavy atom. The number of carbonyl (C=O) groups excluding carboxylic acids is 2. The van der Waals surface area contributed by atoms with E-state index in [1.807, 2.05) is 35.2 Å². The van der Waals surface area contributed by atoms with Crippen molar-refractivity contribution in [3.8, 4) is 5.69 Å². The molecule has 0 spiro atoms. The Morgan fingerprint density at radius 3 is 2.26 bits per heavy atom. The van der Waals surface area contributed by atoms with Crippen molar-refractivity contribution in [2.24, 2.45) is 7.05 Å². The third kappa shape index (κ3) is 4.28. The van der Waals surface area contributed by atoms with Crippen LogP contribution in [-0.2, 0) is 11.8 Å². The summed E-state index contributed by atoms with van der Waals surface area (Å²) in [6.07, 6.45) is 1.47. The molecule has 2 amide bonds. The number of likely N-dealkylation sites (tertiary alicyclic amines) is 1. The van der Waals surface area contributed by atoms with Crippen LogP contribution in [0.2, 0.25) is 0 Å². The van der Waals surface area contributed by atoms with Gasteiger partial charge in [-0.25, -0.2) is 14.0 Å². The molecule has 0 bridgehead atoms. The zero-order valence-corrected chi connectivity index (χ0v) is 17.6. The molecule has 31 heavy (non-hydrogen) atoms. The number of aryl methyl sites for hydroxylation is 1. The number of hydrogen-bond acceptors (Lipinski definition) is 4. The summed E-state index contributed by atoms with van der Waals surface area (Å²) in [5.41, 5.74) is 1.88. The Bertz CT molecular complexity index is 1140. The minimum absolute atomic E-state index is 0.0331. The zero-order valence-electron chi connectivity index (χ0n) is 17.6. The van der Waals surface area contributed by atoms with Crippen molar-refractivity contribution < 1.29 is 9.59 Å². The molecule has 0 atom stereocenters. The highest BCUT2D eigenvalue weighted by atomic mass is 16.2. The van der Waals surface area contributed by atoms with Gasteiger partial charge in [0.25, 0.3) is 5.91 Å². The van der Waals surface area contributed by atoms with Crippen molar-refractivity contribution in [3.63, 3.8) is 0 Å². The quantitative estimate of drug-likeness (QED) is 0.704. The van der Waals surface area contributed by atoms with Gasteiger partial charge >= 0.3 is 5.69 Å². The molecule has 2 heterocycles. The third-order valence-corrected chi connectivity index (χ3v) is 5.56. The minimum atomic E-state index is -0.168. The molecule has 1 fully saturated rings. The average molecular weight is 419 g/mol. The second kappa shape index (κ2) is 8.59. The van der Waals surface area contributed by atoms with Gasteiger partial charge in [-0.15, -0.1) is 0 Å². The summed E-state index contributed by atoms with van der Waals surface area (Å²) in [5, 5.41) is 7.20. The van der Waals surface area contributed by atoms with Gasteiger partial charge in [0.15, 0.2) is 0 Å². The summed E-state index contributed by atoms with van der Waals surface area (Å²) in [5.74, 6) is 0.657. The van der Waals surface area contributed by atoms with Gasteiger partial charge in [0.2, 0.25) is 5.91 Å². The molecule has 1 aromatic heterocycles. The van der Waals surface area contributed by atoms with E-state index in [1.165, 1.54) is 11.6 Å². The lowest BCUT2D eigenvalue weighted by Crippen LogP contribution is -2.38. The van der Waals surface area contributed by atoms with Crippen LogP contribution in [0.15, 0.2) is 59.4 Å². The monoisotopic (exact) mass is 419 g/mol. The summed E-state index contributed by atoms with van der Waals surface area (Å²) in [4.78, 5) is 38.5. The molecule has 0 unspecified atom stereocenters. The van der Waals surface area contributed by atoms with Crippen LogP contribution in [0.3, 0.4) is 0 Å². The van der Waals surface area contributed by atoms with Crippen molar-refractivity contribution in [3.05, 3.63) is 76.5 Å². The molecule has 3 aromatic rings. The maximum Gasteiger partial charge on any atom is 0.350 e. The van der Waals surface area contributed by atoms with E-state index in [0.29, 0.717) is 24.3 Å². The maximum atomic E-state index is 12.9. The lowest BCUT2D eigenvalue weighted by atomic mass is 9.95. The Hall–Kier alpha value is -3.68. The lowest BCUT2D eigenvalue weighted by Gasteiger charge is -2.31. The molecular formula is C23H25N5O3. The van der Waals surface area contributed by atoms with Gasteiger partial charge in [0.05, 0.1) is 5.69 Å². The van der Waals surface area contributed by atoms with E-state index in [2.05, 4.69) is 10.4 Å². The highest BCUT2D eigenvalue weighted by Gasteiger charge is 2.29. The highest BCUT2D eigenvalue weighted by Crippen LogP contribution is 2.28. The van der Waals surface area contributed by atoms with E-state index in [0.717, 1.165) is 24.4 Å². The Labute approximate surface area is 180 Å². The fraction of sp³-hybridized carbons (Fsp3) is 0.304. The van der Waals surface area contributed by atoms with E-state index < -0.39 is 0 Å². The van der Waals surface area contributed by atoms with E-state index in [-0.39, 0.29) is 23.4 Å². The van der Waals surface area contributed by atoms with E-state index in [1.54, 1.807) is 35.9 Å². The van der Waals surface area contributed by atoms with Gasteiger partial charge in [-0.2, -0.15) is 5.10 Å². The number of nitrogens with one attached hydrogen (secondary N) is 1. The third-order valence-electron chi connectivity index (χ3n) is 5.56. The molecule has 1 N–H and O–H groups in total. The summed E-state index contributed by atoms with van der Waals surface area (Å²) in [6, 6.07) is 16.4. The number of para-hydroxylation sites is 1. The van der Waals surface area contributed by atoms with Crippen LogP contribution >= 0.6 is 0 Å².